The summed E-state index contributed by atoms with van der Waals surface area (Å²) in [4.78, 5) is 16.6. The Hall–Kier alpha value is -3.85. The van der Waals surface area contributed by atoms with Gasteiger partial charge in [-0.3, -0.25) is 9.78 Å². The molecule has 0 amide bonds. The molecule has 0 unspecified atom stereocenters. The molecule has 1 aliphatic rings. The van der Waals surface area contributed by atoms with Gasteiger partial charge in [0.2, 0.25) is 0 Å². The van der Waals surface area contributed by atoms with Crippen LogP contribution in [0.25, 0.3) is 44.3 Å². The molecule has 0 atom stereocenters. The van der Waals surface area contributed by atoms with Crippen LogP contribution in [0.5, 0.6) is 0 Å². The quantitative estimate of drug-likeness (QED) is 0.0867. The van der Waals surface area contributed by atoms with Crippen molar-refractivity contribution < 1.29 is 30.0 Å². The second-order valence-corrected chi connectivity index (χ2v) is 13.3. The second kappa shape index (κ2) is 17.7. The number of aliphatic hydroxyl groups excluding tert-OH is 1. The molecule has 0 spiro atoms. The summed E-state index contributed by atoms with van der Waals surface area (Å²) in [5, 5.41) is 12.2. The molecule has 6 rings (SSSR count). The first-order chi connectivity index (χ1) is 23.3. The summed E-state index contributed by atoms with van der Waals surface area (Å²) in [5.74, 6) is 0.992. The fraction of sp³-hybridized carbons (Fsp3) is 0.333. The van der Waals surface area contributed by atoms with E-state index in [0.29, 0.717) is 5.92 Å². The van der Waals surface area contributed by atoms with E-state index in [1.54, 1.807) is 0 Å². The van der Waals surface area contributed by atoms with Gasteiger partial charge in [-0.15, -0.1) is 29.1 Å². The maximum atomic E-state index is 11.7. The van der Waals surface area contributed by atoms with Crippen molar-refractivity contribution in [1.29, 1.82) is 0 Å². The van der Waals surface area contributed by atoms with Crippen molar-refractivity contribution in [2.75, 3.05) is 0 Å². The molecule has 1 radical (unpaired) electrons. The Kier molecular flexibility index (Phi) is 13.7. The number of hydrogen-bond donors (Lipinski definition) is 1. The molecule has 3 nitrogen and oxygen atoms in total. The molecule has 0 fully saturated rings. The Morgan fingerprint density at radius 1 is 0.796 bits per heavy atom. The van der Waals surface area contributed by atoms with Crippen LogP contribution in [0.4, 0.5) is 0 Å². The number of aliphatic hydroxyl groups is 1. The molecule has 257 valence electrons. The van der Waals surface area contributed by atoms with Crippen molar-refractivity contribution in [3.8, 4) is 33.5 Å². The second-order valence-electron chi connectivity index (χ2n) is 13.3. The molecule has 0 saturated heterocycles. The van der Waals surface area contributed by atoms with Crippen molar-refractivity contribution in [1.82, 2.24) is 4.98 Å². The third-order valence-corrected chi connectivity index (χ3v) is 9.97. The molecule has 0 aliphatic heterocycles. The van der Waals surface area contributed by atoms with Crippen LogP contribution in [0.3, 0.4) is 0 Å². The van der Waals surface area contributed by atoms with E-state index in [2.05, 4.69) is 105 Å². The molecule has 1 N–H and O–H groups in total. The number of carbonyl (C=O) groups excluding carboxylic acids is 1. The van der Waals surface area contributed by atoms with Crippen LogP contribution < -0.4 is 0 Å². The molecule has 4 heteroatoms. The normalized spacial score (nSPS) is 12.3. The Labute approximate surface area is 307 Å². The molecule has 4 aromatic carbocycles. The fourth-order valence-corrected chi connectivity index (χ4v) is 7.01. The number of ketones is 1. The number of rotatable bonds is 10. The summed E-state index contributed by atoms with van der Waals surface area (Å²) in [6.45, 7) is 12.6. The number of aromatic nitrogens is 1. The van der Waals surface area contributed by atoms with Gasteiger partial charge in [-0.25, -0.2) is 0 Å². The first-order valence-electron chi connectivity index (χ1n) is 17.9. The maximum Gasteiger partial charge on any atom is 0.162 e. The van der Waals surface area contributed by atoms with Gasteiger partial charge in [0, 0.05) is 49.9 Å². The van der Waals surface area contributed by atoms with E-state index in [4.69, 9.17) is 4.98 Å². The monoisotopic (exact) mass is 829 g/mol. The molecule has 49 heavy (non-hydrogen) atoms. The minimum Gasteiger partial charge on any atom is -0.512 e. The van der Waals surface area contributed by atoms with E-state index >= 15 is 0 Å². The standard InChI is InChI=1S/C32H26N.C13H24O2.Ir/c1-21(2)31-20-26(19-24-10-6-7-11-27(24)31)32-30-15-13-25-18-23(22-8-4-3-5-9-22)12-14-28(25)29(30)16-17-33-32;1-5-10(6-2)12(14)9-13(15)11(7-3)8-4;/h3-12,14,16-18,20-21H,13,15H2,1-2H3;9-11,14H,5-8H2,1-4H3;/q-1;;/b;12-9-;. The average Bonchev–Trinajstić information content (AvgIpc) is 3.12. The summed E-state index contributed by atoms with van der Waals surface area (Å²) >= 11 is 0. The summed E-state index contributed by atoms with van der Waals surface area (Å²) in [7, 11) is 0. The first-order valence-corrected chi connectivity index (χ1v) is 17.9. The van der Waals surface area contributed by atoms with E-state index in [9.17, 15) is 9.90 Å². The van der Waals surface area contributed by atoms with E-state index in [1.807, 2.05) is 33.9 Å². The fourth-order valence-electron chi connectivity index (χ4n) is 7.01. The van der Waals surface area contributed by atoms with Gasteiger partial charge in [0.15, 0.2) is 5.78 Å². The van der Waals surface area contributed by atoms with Crippen LogP contribution in [0.15, 0.2) is 103 Å². The van der Waals surface area contributed by atoms with E-state index < -0.39 is 0 Å². The third kappa shape index (κ3) is 8.66. The Balaban J connectivity index is 0.000000290. The first kappa shape index (κ1) is 38.0. The molecule has 0 saturated carbocycles. The zero-order chi connectivity index (χ0) is 34.2. The smallest absolute Gasteiger partial charge is 0.162 e. The van der Waals surface area contributed by atoms with Gasteiger partial charge in [-0.05, 0) is 83.9 Å². The Morgan fingerprint density at radius 2 is 1.47 bits per heavy atom. The molecule has 0 bridgehead atoms. The number of pyridine rings is 1. The molecule has 5 aromatic rings. The minimum atomic E-state index is 0. The van der Waals surface area contributed by atoms with Gasteiger partial charge >= 0.3 is 0 Å². The summed E-state index contributed by atoms with van der Waals surface area (Å²) < 4.78 is 0. The molecular formula is C45H50IrNO2-. The van der Waals surface area contributed by atoms with Crippen LogP contribution >= 0.6 is 0 Å². The summed E-state index contributed by atoms with van der Waals surface area (Å²) in [6, 6.07) is 34.3. The number of hydrogen-bond acceptors (Lipinski definition) is 3. The topological polar surface area (TPSA) is 50.2 Å². The van der Waals surface area contributed by atoms with Crippen LogP contribution in [0.2, 0.25) is 0 Å². The number of fused-ring (bicyclic) bond motifs is 4. The van der Waals surface area contributed by atoms with Gasteiger partial charge in [0.05, 0.1) is 5.76 Å². The largest absolute Gasteiger partial charge is 0.512 e. The number of carbonyl (C=O) groups is 1. The van der Waals surface area contributed by atoms with Gasteiger partial charge in [0.25, 0.3) is 0 Å². The molecule has 1 aromatic heterocycles. The maximum absolute atomic E-state index is 11.7. The Morgan fingerprint density at radius 3 is 2.14 bits per heavy atom. The van der Waals surface area contributed by atoms with Gasteiger partial charge in [-0.1, -0.05) is 119 Å². The zero-order valence-corrected chi connectivity index (χ0v) is 32.2. The summed E-state index contributed by atoms with van der Waals surface area (Å²) in [5.41, 5.74) is 11.5. The molecule has 1 heterocycles. The van der Waals surface area contributed by atoms with Crippen molar-refractivity contribution in [2.45, 2.75) is 86.0 Å². The van der Waals surface area contributed by atoms with Crippen LogP contribution in [-0.4, -0.2) is 15.9 Å². The summed E-state index contributed by atoms with van der Waals surface area (Å²) in [6.07, 6.45) is 8.91. The van der Waals surface area contributed by atoms with E-state index in [1.165, 1.54) is 55.8 Å². The van der Waals surface area contributed by atoms with E-state index in [0.717, 1.165) is 49.8 Å². The number of allylic oxidation sites excluding steroid dienone is 2. The van der Waals surface area contributed by atoms with Crippen molar-refractivity contribution in [2.24, 2.45) is 11.8 Å². The van der Waals surface area contributed by atoms with Crippen LogP contribution in [0, 0.1) is 17.9 Å². The van der Waals surface area contributed by atoms with Gasteiger partial charge < -0.3 is 5.11 Å². The number of benzene rings is 4. The third-order valence-electron chi connectivity index (χ3n) is 9.97. The van der Waals surface area contributed by atoms with Crippen molar-refractivity contribution >= 4 is 16.6 Å². The molecular weight excluding hydrogens is 779 g/mol. The molecule has 1 aliphatic carbocycles. The van der Waals surface area contributed by atoms with Crippen molar-refractivity contribution in [3.63, 3.8) is 0 Å². The number of nitrogens with zero attached hydrogens (tertiary/aromatic N) is 1. The minimum absolute atomic E-state index is 0. The SMILES string of the molecule is CC(C)c1cc(-c2nccc3c2CCc2cc(-c4ccccc4)ccc2-3)[c-]c2ccccc12.CCC(CC)C(=O)/C=C(\O)C(CC)CC.[Ir]. The predicted octanol–water partition coefficient (Wildman–Crippen LogP) is 12.1. The van der Waals surface area contributed by atoms with Gasteiger partial charge in [0.1, 0.15) is 0 Å². The van der Waals surface area contributed by atoms with Gasteiger partial charge in [-0.2, -0.15) is 0 Å². The van der Waals surface area contributed by atoms with Crippen LogP contribution in [0.1, 0.15) is 89.8 Å². The van der Waals surface area contributed by atoms with Crippen LogP contribution in [-0.2, 0) is 37.7 Å². The van der Waals surface area contributed by atoms with Crippen molar-refractivity contribution in [3.05, 3.63) is 126 Å². The Bertz CT molecular complexity index is 1880. The average molecular weight is 829 g/mol. The zero-order valence-electron chi connectivity index (χ0n) is 29.8. The van der Waals surface area contributed by atoms with E-state index in [-0.39, 0.29) is 43.5 Å². The number of aryl methyl sites for hydroxylation is 1. The predicted molar refractivity (Wildman–Crippen MR) is 202 cm³/mol.